The molecule has 0 aliphatic carbocycles. The van der Waals surface area contributed by atoms with Gasteiger partial charge < -0.3 is 4.55 Å². The average Bonchev–Trinajstić information content (AvgIpc) is 2.94. The first-order valence-corrected chi connectivity index (χ1v) is 18.4. The summed E-state index contributed by atoms with van der Waals surface area (Å²) in [6.07, 6.45) is 30.1. The number of aryl methyl sites for hydroxylation is 2. The summed E-state index contributed by atoms with van der Waals surface area (Å²) in [5, 5.41) is 2.09. The molecule has 0 atom stereocenters. The maximum atomic E-state index is 12.1. The molecule has 0 bridgehead atoms. The van der Waals surface area contributed by atoms with Gasteiger partial charge in [0.05, 0.1) is 4.90 Å². The summed E-state index contributed by atoms with van der Waals surface area (Å²) in [6, 6.07) is 9.68. The Morgan fingerprint density at radius 1 is 0.512 bits per heavy atom. The second-order valence-electron chi connectivity index (χ2n) is 12.1. The van der Waals surface area contributed by atoms with Crippen molar-refractivity contribution in [3.8, 4) is 0 Å². The third kappa shape index (κ3) is 16.8. The van der Waals surface area contributed by atoms with Gasteiger partial charge in [0.25, 0.3) is 0 Å². The normalized spacial score (nSPS) is 11.7. The molecule has 0 aliphatic rings. The van der Waals surface area contributed by atoms with E-state index in [1.165, 1.54) is 128 Å². The molecule has 0 saturated carbocycles. The molecular formula is C36H59KO3S. The van der Waals surface area contributed by atoms with E-state index >= 15 is 0 Å². The van der Waals surface area contributed by atoms with Gasteiger partial charge in [-0.2, -0.15) is 0 Å². The first-order chi connectivity index (χ1) is 19.5. The molecule has 3 nitrogen and oxygen atoms in total. The van der Waals surface area contributed by atoms with Crippen molar-refractivity contribution in [2.24, 2.45) is 0 Å². The Morgan fingerprint density at radius 2 is 0.927 bits per heavy atom. The minimum atomic E-state index is -4.49. The molecule has 0 spiro atoms. The largest absolute Gasteiger partial charge is 1.00 e. The summed E-state index contributed by atoms with van der Waals surface area (Å²) in [4.78, 5) is -0.0149. The smallest absolute Gasteiger partial charge is 0.744 e. The van der Waals surface area contributed by atoms with Crippen LogP contribution in [0.4, 0.5) is 0 Å². The molecule has 0 radical (unpaired) electrons. The molecule has 2 aromatic carbocycles. The molecule has 41 heavy (non-hydrogen) atoms. The molecule has 0 saturated heterocycles. The summed E-state index contributed by atoms with van der Waals surface area (Å²) >= 11 is 0. The molecule has 0 fully saturated rings. The van der Waals surface area contributed by atoms with Gasteiger partial charge in [0.1, 0.15) is 10.1 Å². The Hall–Kier alpha value is 0.246. The SMILES string of the molecule is CCCCCCCCCCCCCc1cccc2c(CCCCCCCCCCCCC)c(S(=O)(=O)[O-])ccc12.[K+]. The number of rotatable bonds is 25. The van der Waals surface area contributed by atoms with Crippen LogP contribution < -0.4 is 51.4 Å². The van der Waals surface area contributed by atoms with E-state index < -0.39 is 10.1 Å². The molecule has 0 unspecified atom stereocenters. The van der Waals surface area contributed by atoms with E-state index in [4.69, 9.17) is 0 Å². The fourth-order valence-electron chi connectivity index (χ4n) is 6.12. The summed E-state index contributed by atoms with van der Waals surface area (Å²) < 4.78 is 36.3. The second kappa shape index (κ2) is 24.6. The summed E-state index contributed by atoms with van der Waals surface area (Å²) in [6.45, 7) is 4.53. The molecule has 2 aromatic rings. The summed E-state index contributed by atoms with van der Waals surface area (Å²) in [5.74, 6) is 0. The molecule has 0 aromatic heterocycles. The van der Waals surface area contributed by atoms with Crippen molar-refractivity contribution in [1.29, 1.82) is 0 Å². The minimum absolute atomic E-state index is 0. The van der Waals surface area contributed by atoms with E-state index in [1.54, 1.807) is 6.07 Å². The Balaban J connectivity index is 0.00000840. The molecule has 0 aliphatic heterocycles. The van der Waals surface area contributed by atoms with Gasteiger partial charge in [0, 0.05) is 0 Å². The van der Waals surface area contributed by atoms with Crippen molar-refractivity contribution in [3.63, 3.8) is 0 Å². The summed E-state index contributed by atoms with van der Waals surface area (Å²) in [5.41, 5.74) is 2.02. The van der Waals surface area contributed by atoms with E-state index in [-0.39, 0.29) is 56.3 Å². The summed E-state index contributed by atoms with van der Waals surface area (Å²) in [7, 11) is -4.49. The standard InChI is InChI=1S/C36H60O3S.K/c1-3-5-7-9-11-13-15-17-19-21-23-26-32-27-25-29-34-33(32)30-31-36(40(37,38)39)35(34)28-24-22-20-18-16-14-12-10-8-6-4-2;/h25,27,29-31H,3-24,26,28H2,1-2H3,(H,37,38,39);/q;+1/p-1. The van der Waals surface area contributed by atoms with E-state index in [0.29, 0.717) is 6.42 Å². The van der Waals surface area contributed by atoms with Crippen molar-refractivity contribution in [3.05, 3.63) is 41.5 Å². The van der Waals surface area contributed by atoms with Gasteiger partial charge in [0.15, 0.2) is 0 Å². The van der Waals surface area contributed by atoms with Gasteiger partial charge in [-0.1, -0.05) is 167 Å². The van der Waals surface area contributed by atoms with Crippen molar-refractivity contribution >= 4 is 20.9 Å². The predicted octanol–water partition coefficient (Wildman–Crippen LogP) is 8.45. The molecule has 2 rings (SSSR count). The van der Waals surface area contributed by atoms with Gasteiger partial charge in [-0.15, -0.1) is 0 Å². The molecule has 228 valence electrons. The van der Waals surface area contributed by atoms with Crippen molar-refractivity contribution in [2.75, 3.05) is 0 Å². The molecule has 0 N–H and O–H groups in total. The van der Waals surface area contributed by atoms with Crippen LogP contribution in [0.2, 0.25) is 0 Å². The number of unbranched alkanes of at least 4 members (excludes halogenated alkanes) is 20. The van der Waals surface area contributed by atoms with Crippen molar-refractivity contribution in [2.45, 2.75) is 173 Å². The predicted molar refractivity (Wildman–Crippen MR) is 172 cm³/mol. The van der Waals surface area contributed by atoms with Crippen LogP contribution in [0.5, 0.6) is 0 Å². The third-order valence-electron chi connectivity index (χ3n) is 8.57. The Labute approximate surface area is 296 Å². The Bertz CT molecular complexity index is 1030. The number of benzene rings is 2. The van der Waals surface area contributed by atoms with E-state index in [0.717, 1.165) is 42.0 Å². The Morgan fingerprint density at radius 3 is 1.37 bits per heavy atom. The maximum Gasteiger partial charge on any atom is 1.00 e. The van der Waals surface area contributed by atoms with Gasteiger partial charge in [-0.05, 0) is 53.6 Å². The number of hydrogen-bond acceptors (Lipinski definition) is 3. The fourth-order valence-corrected chi connectivity index (χ4v) is 6.87. The third-order valence-corrected chi connectivity index (χ3v) is 9.49. The van der Waals surface area contributed by atoms with Crippen LogP contribution in [0.15, 0.2) is 35.2 Å². The Kier molecular flexibility index (Phi) is 23.5. The van der Waals surface area contributed by atoms with Crippen molar-refractivity contribution < 1.29 is 64.4 Å². The average molecular weight is 611 g/mol. The van der Waals surface area contributed by atoms with E-state index in [2.05, 4.69) is 19.9 Å². The molecular weight excluding hydrogens is 552 g/mol. The fraction of sp³-hybridized carbons (Fsp3) is 0.722. The zero-order chi connectivity index (χ0) is 28.9. The first-order valence-electron chi connectivity index (χ1n) is 17.0. The van der Waals surface area contributed by atoms with Gasteiger partial charge in [-0.3, -0.25) is 0 Å². The van der Waals surface area contributed by atoms with Crippen LogP contribution in [0.1, 0.15) is 166 Å². The molecule has 0 amide bonds. The van der Waals surface area contributed by atoms with Crippen LogP contribution >= 0.6 is 0 Å². The zero-order valence-electron chi connectivity index (χ0n) is 27.0. The number of fused-ring (bicyclic) bond motifs is 1. The molecule has 0 heterocycles. The number of hydrogen-bond donors (Lipinski definition) is 0. The van der Waals surface area contributed by atoms with Crippen molar-refractivity contribution in [1.82, 2.24) is 0 Å². The van der Waals surface area contributed by atoms with E-state index in [9.17, 15) is 13.0 Å². The van der Waals surface area contributed by atoms with E-state index in [1.807, 2.05) is 18.2 Å². The molecule has 5 heteroatoms. The van der Waals surface area contributed by atoms with Gasteiger partial charge >= 0.3 is 51.4 Å². The van der Waals surface area contributed by atoms with Crippen LogP contribution in [-0.2, 0) is 23.0 Å². The van der Waals surface area contributed by atoms with Crippen LogP contribution in [-0.4, -0.2) is 13.0 Å². The van der Waals surface area contributed by atoms with Crippen LogP contribution in [0, 0.1) is 0 Å². The maximum absolute atomic E-state index is 12.1. The first kappa shape index (κ1) is 39.3. The topological polar surface area (TPSA) is 57.2 Å². The second-order valence-corrected chi connectivity index (χ2v) is 13.4. The van der Waals surface area contributed by atoms with Gasteiger partial charge in [-0.25, -0.2) is 8.42 Å². The van der Waals surface area contributed by atoms with Crippen LogP contribution in [0.25, 0.3) is 10.8 Å². The van der Waals surface area contributed by atoms with Crippen LogP contribution in [0.3, 0.4) is 0 Å². The monoisotopic (exact) mass is 610 g/mol. The quantitative estimate of drug-likeness (QED) is 0.0644. The van der Waals surface area contributed by atoms with Gasteiger partial charge in [0.2, 0.25) is 0 Å². The minimum Gasteiger partial charge on any atom is -0.744 e. The zero-order valence-corrected chi connectivity index (χ0v) is 30.9.